The number of imidazole rings is 1. The lowest BCUT2D eigenvalue weighted by Gasteiger charge is -1.58. The Morgan fingerprint density at radius 1 is 1.86 bits per heavy atom. The predicted octanol–water partition coefficient (Wildman–Crippen LogP) is 0.227. The quantitative estimate of drug-likeness (QED) is 0.502. The van der Waals surface area contributed by atoms with Crippen molar-refractivity contribution in [1.82, 2.24) is 4.98 Å². The van der Waals surface area contributed by atoms with Crippen LogP contribution in [0.3, 0.4) is 0 Å². The number of rotatable bonds is 1. The van der Waals surface area contributed by atoms with Crippen LogP contribution in [-0.2, 0) is 0 Å². The van der Waals surface area contributed by atoms with Crippen molar-refractivity contribution in [2.24, 2.45) is 5.18 Å². The van der Waals surface area contributed by atoms with Crippen LogP contribution < -0.4 is 4.98 Å². The second-order valence-corrected chi connectivity index (χ2v) is 1.08. The van der Waals surface area contributed by atoms with Gasteiger partial charge in [0, 0.05) is 5.18 Å². The summed E-state index contributed by atoms with van der Waals surface area (Å²) in [4.78, 5) is 14.7. The van der Waals surface area contributed by atoms with Gasteiger partial charge in [0.1, 0.15) is 0 Å². The standard InChI is InChI=1S/C3H3N3O/c7-6-3-1-4-2-5-3/h1-2H,(H,4,5)/p+1. The first-order chi connectivity index (χ1) is 3.43. The summed E-state index contributed by atoms with van der Waals surface area (Å²) in [6, 6.07) is 0. The summed E-state index contributed by atoms with van der Waals surface area (Å²) in [6.07, 6.45) is 3.00. The Bertz CT molecular complexity index is 145. The molecular formula is C3H4N3O+. The maximum absolute atomic E-state index is 9.57. The van der Waals surface area contributed by atoms with Crippen LogP contribution in [0.2, 0.25) is 0 Å². The van der Waals surface area contributed by atoms with Gasteiger partial charge in [-0.15, -0.1) is 4.91 Å². The fourth-order valence-corrected chi connectivity index (χ4v) is 0.331. The van der Waals surface area contributed by atoms with Crippen LogP contribution in [0, 0.1) is 4.91 Å². The maximum Gasteiger partial charge on any atom is 0.298 e. The molecular weight excluding hydrogens is 94.1 g/mol. The van der Waals surface area contributed by atoms with Crippen LogP contribution in [0.15, 0.2) is 17.7 Å². The third-order valence-corrected chi connectivity index (χ3v) is 0.622. The maximum atomic E-state index is 9.57. The van der Waals surface area contributed by atoms with Crippen LogP contribution >= 0.6 is 0 Å². The summed E-state index contributed by atoms with van der Waals surface area (Å²) in [5.41, 5.74) is 0. The van der Waals surface area contributed by atoms with Gasteiger partial charge < -0.3 is 0 Å². The van der Waals surface area contributed by atoms with Gasteiger partial charge in [-0.2, -0.15) is 0 Å². The zero-order valence-corrected chi connectivity index (χ0v) is 3.51. The molecule has 1 rings (SSSR count). The summed E-state index contributed by atoms with van der Waals surface area (Å²) in [5.74, 6) is 0.319. The number of H-pyrrole nitrogens is 2. The topological polar surface area (TPSA) is 59.4 Å². The van der Waals surface area contributed by atoms with Crippen molar-refractivity contribution in [2.75, 3.05) is 0 Å². The number of hydrogen-bond donors (Lipinski definition) is 1. The summed E-state index contributed by atoms with van der Waals surface area (Å²) in [7, 11) is 0. The molecule has 0 aliphatic carbocycles. The molecule has 0 saturated heterocycles. The van der Waals surface area contributed by atoms with Crippen molar-refractivity contribution in [3.8, 4) is 0 Å². The molecule has 0 radical (unpaired) electrons. The van der Waals surface area contributed by atoms with E-state index in [9.17, 15) is 4.91 Å². The first-order valence-corrected chi connectivity index (χ1v) is 1.81. The molecule has 0 spiro atoms. The van der Waals surface area contributed by atoms with E-state index in [0.717, 1.165) is 0 Å². The Balaban J connectivity index is 2.96. The number of nitroso groups, excluding NO2 is 1. The Labute approximate surface area is 39.6 Å². The molecule has 4 heteroatoms. The fourth-order valence-electron chi connectivity index (χ4n) is 0.331. The van der Waals surface area contributed by atoms with Crippen LogP contribution in [0.4, 0.5) is 5.82 Å². The van der Waals surface area contributed by atoms with Crippen LogP contribution in [0.1, 0.15) is 0 Å². The second kappa shape index (κ2) is 1.51. The number of hydrogen-bond acceptors (Lipinski definition) is 2. The summed E-state index contributed by atoms with van der Waals surface area (Å²) in [5, 5.41) is 2.59. The Kier molecular flexibility index (Phi) is 0.856. The lowest BCUT2D eigenvalue weighted by Crippen LogP contribution is -1.88. The molecule has 0 aliphatic heterocycles. The smallest absolute Gasteiger partial charge is 0.248 e. The first kappa shape index (κ1) is 3.98. The lowest BCUT2D eigenvalue weighted by molar-refractivity contribution is -0.375. The first-order valence-electron chi connectivity index (χ1n) is 1.81. The minimum Gasteiger partial charge on any atom is -0.248 e. The molecule has 0 aliphatic rings. The number of aromatic nitrogens is 2. The van der Waals surface area contributed by atoms with E-state index in [0.29, 0.717) is 5.82 Å². The van der Waals surface area contributed by atoms with Crippen molar-refractivity contribution < 1.29 is 4.98 Å². The van der Waals surface area contributed by atoms with Gasteiger partial charge in [-0.05, 0) is 0 Å². The monoisotopic (exact) mass is 98.0 g/mol. The average molecular weight is 98.1 g/mol. The van der Waals surface area contributed by atoms with Gasteiger partial charge in [0.05, 0.1) is 0 Å². The second-order valence-electron chi connectivity index (χ2n) is 1.08. The Morgan fingerprint density at radius 2 is 2.71 bits per heavy atom. The Morgan fingerprint density at radius 3 is 3.00 bits per heavy atom. The lowest BCUT2D eigenvalue weighted by atomic mass is 10.8. The van der Waals surface area contributed by atoms with E-state index in [1.165, 1.54) is 12.5 Å². The summed E-state index contributed by atoms with van der Waals surface area (Å²) in [6.45, 7) is 0. The molecule has 1 aromatic heterocycles. The van der Waals surface area contributed by atoms with E-state index in [1.54, 1.807) is 0 Å². The molecule has 0 amide bonds. The van der Waals surface area contributed by atoms with Crippen molar-refractivity contribution in [2.45, 2.75) is 0 Å². The largest absolute Gasteiger partial charge is 0.298 e. The molecule has 1 aromatic rings. The minimum atomic E-state index is 0.319. The summed E-state index contributed by atoms with van der Waals surface area (Å²) >= 11 is 0. The van der Waals surface area contributed by atoms with Gasteiger partial charge in [0.15, 0.2) is 6.20 Å². The van der Waals surface area contributed by atoms with Crippen LogP contribution in [-0.4, -0.2) is 4.98 Å². The van der Waals surface area contributed by atoms with Crippen molar-refractivity contribution in [3.63, 3.8) is 0 Å². The van der Waals surface area contributed by atoms with E-state index in [1.807, 2.05) is 0 Å². The van der Waals surface area contributed by atoms with Gasteiger partial charge in [-0.1, -0.05) is 0 Å². The third kappa shape index (κ3) is 0.623. The van der Waals surface area contributed by atoms with Gasteiger partial charge in [-0.3, -0.25) is 0 Å². The van der Waals surface area contributed by atoms with E-state index in [4.69, 9.17) is 0 Å². The molecule has 0 saturated carbocycles. The van der Waals surface area contributed by atoms with Gasteiger partial charge >= 0.3 is 0 Å². The van der Waals surface area contributed by atoms with Crippen LogP contribution in [0.5, 0.6) is 0 Å². The number of aromatic amines is 2. The fraction of sp³-hybridized carbons (Fsp3) is 0. The Hall–Kier alpha value is -1.19. The molecule has 0 aromatic carbocycles. The van der Waals surface area contributed by atoms with E-state index >= 15 is 0 Å². The minimum absolute atomic E-state index is 0.319. The van der Waals surface area contributed by atoms with Crippen molar-refractivity contribution >= 4 is 5.82 Å². The van der Waals surface area contributed by atoms with Crippen molar-refractivity contribution in [1.29, 1.82) is 0 Å². The molecule has 2 N–H and O–H groups in total. The molecule has 0 unspecified atom stereocenters. The van der Waals surface area contributed by atoms with E-state index in [-0.39, 0.29) is 0 Å². The summed E-state index contributed by atoms with van der Waals surface area (Å²) < 4.78 is 0. The highest BCUT2D eigenvalue weighted by Gasteiger charge is 1.92. The van der Waals surface area contributed by atoms with Gasteiger partial charge in [-0.25, -0.2) is 9.97 Å². The number of nitrogens with one attached hydrogen (secondary N) is 2. The zero-order chi connectivity index (χ0) is 5.11. The van der Waals surface area contributed by atoms with E-state index in [2.05, 4.69) is 15.1 Å². The normalized spacial score (nSPS) is 8.57. The molecule has 1 heterocycles. The molecule has 7 heavy (non-hydrogen) atoms. The third-order valence-electron chi connectivity index (χ3n) is 0.622. The highest BCUT2D eigenvalue weighted by atomic mass is 16.3. The predicted molar refractivity (Wildman–Crippen MR) is 22.8 cm³/mol. The molecule has 0 bridgehead atoms. The molecule has 4 nitrogen and oxygen atoms in total. The van der Waals surface area contributed by atoms with Crippen molar-refractivity contribution in [3.05, 3.63) is 17.4 Å². The highest BCUT2D eigenvalue weighted by Crippen LogP contribution is 1.96. The number of nitrogens with zero attached hydrogens (tertiary/aromatic N) is 1. The van der Waals surface area contributed by atoms with Crippen LogP contribution in [0.25, 0.3) is 0 Å². The highest BCUT2D eigenvalue weighted by molar-refractivity contribution is 5.16. The average Bonchev–Trinajstić information content (AvgIpc) is 2.14. The molecule has 0 fully saturated rings. The SMILES string of the molecule is O=Nc1c[nH+]c[nH]1. The molecule has 0 atom stereocenters. The van der Waals surface area contributed by atoms with E-state index < -0.39 is 0 Å². The zero-order valence-electron chi connectivity index (χ0n) is 3.51. The van der Waals surface area contributed by atoms with Gasteiger partial charge in [0.25, 0.3) is 5.82 Å². The molecule has 36 valence electrons. The van der Waals surface area contributed by atoms with Gasteiger partial charge in [0.2, 0.25) is 6.33 Å².